The number of hydrogen-bond donors (Lipinski definition) is 1. The van der Waals surface area contributed by atoms with Crippen molar-refractivity contribution in [2.75, 3.05) is 5.73 Å². The van der Waals surface area contributed by atoms with Gasteiger partial charge in [0.1, 0.15) is 0 Å². The molecule has 0 bridgehead atoms. The molecule has 1 aromatic carbocycles. The summed E-state index contributed by atoms with van der Waals surface area (Å²) in [6.45, 7) is 2.19. The molecule has 0 aliphatic heterocycles. The molecular weight excluding hydrogens is 202 g/mol. The van der Waals surface area contributed by atoms with Gasteiger partial charge in [0, 0.05) is 0 Å². The first-order valence-electron chi connectivity index (χ1n) is 5.44. The van der Waals surface area contributed by atoms with Crippen LogP contribution in [0.1, 0.15) is 25.3 Å². The van der Waals surface area contributed by atoms with Crippen molar-refractivity contribution in [2.24, 2.45) is 0 Å². The summed E-state index contributed by atoms with van der Waals surface area (Å²) >= 11 is 0. The zero-order chi connectivity index (χ0) is 11.4. The SMILES string of the molecule is CCCCc1ccc(-n2nnnc2N)cc1. The van der Waals surface area contributed by atoms with Crippen LogP contribution in [0.5, 0.6) is 0 Å². The Morgan fingerprint density at radius 2 is 2.00 bits per heavy atom. The molecule has 0 aliphatic carbocycles. The van der Waals surface area contributed by atoms with Gasteiger partial charge in [-0.1, -0.05) is 30.6 Å². The molecular formula is C11H15N5. The molecule has 2 N–H and O–H groups in total. The van der Waals surface area contributed by atoms with Crippen molar-refractivity contribution < 1.29 is 0 Å². The summed E-state index contributed by atoms with van der Waals surface area (Å²) in [6, 6.07) is 8.15. The lowest BCUT2D eigenvalue weighted by Gasteiger charge is -2.03. The van der Waals surface area contributed by atoms with Crippen LogP contribution in [0.15, 0.2) is 24.3 Å². The van der Waals surface area contributed by atoms with Gasteiger partial charge in [-0.2, -0.15) is 4.68 Å². The fourth-order valence-corrected chi connectivity index (χ4v) is 1.56. The van der Waals surface area contributed by atoms with Crippen molar-refractivity contribution in [1.29, 1.82) is 0 Å². The highest BCUT2D eigenvalue weighted by Gasteiger charge is 2.03. The number of aromatic nitrogens is 4. The number of tetrazole rings is 1. The lowest BCUT2D eigenvalue weighted by atomic mass is 10.1. The first kappa shape index (κ1) is 10.6. The predicted molar refractivity (Wildman–Crippen MR) is 62.2 cm³/mol. The molecule has 0 spiro atoms. The van der Waals surface area contributed by atoms with E-state index in [1.807, 2.05) is 12.1 Å². The van der Waals surface area contributed by atoms with Gasteiger partial charge in [-0.3, -0.25) is 0 Å². The molecule has 2 rings (SSSR count). The number of anilines is 1. The number of nitrogen functional groups attached to an aromatic ring is 1. The van der Waals surface area contributed by atoms with Gasteiger partial charge in [0.05, 0.1) is 5.69 Å². The number of nitrogens with zero attached hydrogens (tertiary/aromatic N) is 4. The number of benzene rings is 1. The molecule has 0 radical (unpaired) electrons. The van der Waals surface area contributed by atoms with Crippen molar-refractivity contribution >= 4 is 5.95 Å². The monoisotopic (exact) mass is 217 g/mol. The minimum absolute atomic E-state index is 0.307. The number of hydrogen-bond acceptors (Lipinski definition) is 4. The molecule has 0 aliphatic rings. The number of nitrogens with two attached hydrogens (primary N) is 1. The van der Waals surface area contributed by atoms with Crippen LogP contribution in [0.4, 0.5) is 5.95 Å². The van der Waals surface area contributed by atoms with Gasteiger partial charge < -0.3 is 5.73 Å². The Morgan fingerprint density at radius 1 is 1.25 bits per heavy atom. The minimum Gasteiger partial charge on any atom is -0.366 e. The largest absolute Gasteiger partial charge is 0.366 e. The second-order valence-corrected chi connectivity index (χ2v) is 3.72. The van der Waals surface area contributed by atoms with E-state index in [1.54, 1.807) is 0 Å². The van der Waals surface area contributed by atoms with Crippen molar-refractivity contribution in [2.45, 2.75) is 26.2 Å². The smallest absolute Gasteiger partial charge is 0.245 e. The van der Waals surface area contributed by atoms with Gasteiger partial charge >= 0.3 is 0 Å². The Morgan fingerprint density at radius 3 is 2.56 bits per heavy atom. The fourth-order valence-electron chi connectivity index (χ4n) is 1.56. The lowest BCUT2D eigenvalue weighted by Crippen LogP contribution is -2.02. The van der Waals surface area contributed by atoms with E-state index in [0.717, 1.165) is 12.1 Å². The second-order valence-electron chi connectivity index (χ2n) is 3.72. The van der Waals surface area contributed by atoms with Gasteiger partial charge in [0.15, 0.2) is 0 Å². The molecule has 1 aromatic heterocycles. The maximum absolute atomic E-state index is 5.62. The van der Waals surface area contributed by atoms with Gasteiger partial charge in [0.25, 0.3) is 0 Å². The maximum atomic E-state index is 5.62. The van der Waals surface area contributed by atoms with Crippen molar-refractivity contribution in [3.05, 3.63) is 29.8 Å². The molecule has 16 heavy (non-hydrogen) atoms. The summed E-state index contributed by atoms with van der Waals surface area (Å²) in [5.41, 5.74) is 7.84. The van der Waals surface area contributed by atoms with Crippen LogP contribution in [0.25, 0.3) is 5.69 Å². The van der Waals surface area contributed by atoms with Gasteiger partial charge in [0.2, 0.25) is 5.95 Å². The van der Waals surface area contributed by atoms with Crippen LogP contribution < -0.4 is 5.73 Å². The topological polar surface area (TPSA) is 69.6 Å². The molecule has 5 nitrogen and oxygen atoms in total. The van der Waals surface area contributed by atoms with Crippen LogP contribution in [-0.2, 0) is 6.42 Å². The standard InChI is InChI=1S/C11H15N5/c1-2-3-4-9-5-7-10(8-6-9)16-11(12)13-14-15-16/h5-8H,2-4H2,1H3,(H2,12,13,15). The Hall–Kier alpha value is -1.91. The average Bonchev–Trinajstić information content (AvgIpc) is 2.74. The predicted octanol–water partition coefficient (Wildman–Crippen LogP) is 1.59. The number of aryl methyl sites for hydroxylation is 1. The normalized spacial score (nSPS) is 10.6. The Balaban J connectivity index is 2.16. The van der Waals surface area contributed by atoms with Crippen LogP contribution >= 0.6 is 0 Å². The maximum Gasteiger partial charge on any atom is 0.245 e. The summed E-state index contributed by atoms with van der Waals surface area (Å²) in [7, 11) is 0. The van der Waals surface area contributed by atoms with E-state index < -0.39 is 0 Å². The lowest BCUT2D eigenvalue weighted by molar-refractivity contribution is 0.784. The van der Waals surface area contributed by atoms with E-state index in [2.05, 4.69) is 34.6 Å². The van der Waals surface area contributed by atoms with E-state index in [1.165, 1.54) is 23.1 Å². The summed E-state index contributed by atoms with van der Waals surface area (Å²) in [4.78, 5) is 0. The molecule has 0 atom stereocenters. The zero-order valence-electron chi connectivity index (χ0n) is 9.30. The fraction of sp³-hybridized carbons (Fsp3) is 0.364. The van der Waals surface area contributed by atoms with Gasteiger partial charge in [-0.25, -0.2) is 0 Å². The third-order valence-corrected chi connectivity index (χ3v) is 2.49. The van der Waals surface area contributed by atoms with E-state index in [0.29, 0.717) is 5.95 Å². The average molecular weight is 217 g/mol. The first-order valence-corrected chi connectivity index (χ1v) is 5.44. The molecule has 1 heterocycles. The molecule has 0 saturated carbocycles. The minimum atomic E-state index is 0.307. The number of unbranched alkanes of at least 4 members (excludes halogenated alkanes) is 1. The Labute approximate surface area is 94.3 Å². The Kier molecular flexibility index (Phi) is 3.14. The van der Waals surface area contributed by atoms with Gasteiger partial charge in [-0.15, -0.1) is 0 Å². The van der Waals surface area contributed by atoms with Crippen molar-refractivity contribution in [3.63, 3.8) is 0 Å². The van der Waals surface area contributed by atoms with E-state index in [9.17, 15) is 0 Å². The highest BCUT2D eigenvalue weighted by atomic mass is 15.6. The van der Waals surface area contributed by atoms with Crippen molar-refractivity contribution in [3.8, 4) is 5.69 Å². The van der Waals surface area contributed by atoms with E-state index in [4.69, 9.17) is 5.73 Å². The van der Waals surface area contributed by atoms with Crippen LogP contribution in [0.3, 0.4) is 0 Å². The highest BCUT2D eigenvalue weighted by Crippen LogP contribution is 2.12. The van der Waals surface area contributed by atoms with Gasteiger partial charge in [-0.05, 0) is 41.0 Å². The summed E-state index contributed by atoms with van der Waals surface area (Å²) in [5.74, 6) is 0.307. The first-order chi connectivity index (χ1) is 7.81. The molecule has 0 saturated heterocycles. The molecule has 5 heteroatoms. The van der Waals surface area contributed by atoms with Crippen molar-refractivity contribution in [1.82, 2.24) is 20.2 Å². The van der Waals surface area contributed by atoms with Crippen LogP contribution in [0.2, 0.25) is 0 Å². The second kappa shape index (κ2) is 4.74. The summed E-state index contributed by atoms with van der Waals surface area (Å²) in [5, 5.41) is 11.0. The summed E-state index contributed by atoms with van der Waals surface area (Å²) < 4.78 is 1.52. The summed E-state index contributed by atoms with van der Waals surface area (Å²) in [6.07, 6.45) is 3.54. The molecule has 0 amide bonds. The third kappa shape index (κ3) is 2.18. The highest BCUT2D eigenvalue weighted by molar-refractivity contribution is 5.38. The molecule has 0 fully saturated rings. The molecule has 2 aromatic rings. The van der Waals surface area contributed by atoms with Crippen LogP contribution in [-0.4, -0.2) is 20.2 Å². The number of rotatable bonds is 4. The Bertz CT molecular complexity index is 446. The third-order valence-electron chi connectivity index (χ3n) is 2.49. The van der Waals surface area contributed by atoms with E-state index in [-0.39, 0.29) is 0 Å². The molecule has 0 unspecified atom stereocenters. The molecule has 84 valence electrons. The quantitative estimate of drug-likeness (QED) is 0.844. The van der Waals surface area contributed by atoms with Crippen LogP contribution in [0, 0.1) is 0 Å². The van der Waals surface area contributed by atoms with E-state index >= 15 is 0 Å². The zero-order valence-corrected chi connectivity index (χ0v) is 9.30.